The molecule has 1 N–H and O–H groups in total. The van der Waals surface area contributed by atoms with E-state index in [9.17, 15) is 13.5 Å². The van der Waals surface area contributed by atoms with E-state index in [2.05, 4.69) is 59.3 Å². The molecule has 1 heterocycles. The highest BCUT2D eigenvalue weighted by Crippen LogP contribution is 2.50. The molecule has 0 saturated heterocycles. The molecule has 5 nitrogen and oxygen atoms in total. The van der Waals surface area contributed by atoms with Gasteiger partial charge in [0.25, 0.3) is 0 Å². The summed E-state index contributed by atoms with van der Waals surface area (Å²) in [5.41, 5.74) is 3.21. The Labute approximate surface area is 219 Å². The summed E-state index contributed by atoms with van der Waals surface area (Å²) in [5, 5.41) is 12.2. The fourth-order valence-corrected chi connectivity index (χ4v) is 7.96. The first-order valence-corrected chi connectivity index (χ1v) is 15.1. The summed E-state index contributed by atoms with van der Waals surface area (Å²) >= 11 is 0. The van der Waals surface area contributed by atoms with E-state index in [4.69, 9.17) is 0 Å². The van der Waals surface area contributed by atoms with Crippen molar-refractivity contribution in [2.24, 2.45) is 5.41 Å². The molecule has 0 spiro atoms. The summed E-state index contributed by atoms with van der Waals surface area (Å²) in [6.07, 6.45) is 4.41. The van der Waals surface area contributed by atoms with Crippen LogP contribution < -0.4 is 4.90 Å². The second-order valence-corrected chi connectivity index (χ2v) is 14.0. The van der Waals surface area contributed by atoms with Crippen molar-refractivity contribution in [3.63, 3.8) is 0 Å². The van der Waals surface area contributed by atoms with Gasteiger partial charge in [-0.3, -0.25) is 0 Å². The number of benzene rings is 2. The first-order chi connectivity index (χ1) is 16.8. The molecule has 0 unspecified atom stereocenters. The molecule has 0 bridgehead atoms. The maximum Gasteiger partial charge on any atom is 0.179 e. The number of aliphatic hydroxyl groups is 1. The molecule has 6 heteroatoms. The first kappa shape index (κ1) is 28.7. The van der Waals surface area contributed by atoms with E-state index in [1.807, 2.05) is 31.1 Å². The summed E-state index contributed by atoms with van der Waals surface area (Å²) in [4.78, 5) is 2.37. The predicted molar refractivity (Wildman–Crippen MR) is 150 cm³/mol. The minimum atomic E-state index is -3.58. The molecule has 0 aromatic heterocycles. The molecule has 1 aliphatic rings. The number of quaternary nitrogens is 1. The van der Waals surface area contributed by atoms with Crippen molar-refractivity contribution in [2.45, 2.75) is 75.8 Å². The lowest BCUT2D eigenvalue weighted by molar-refractivity contribution is -0.884. The maximum absolute atomic E-state index is 13.9. The molecule has 2 atom stereocenters. The van der Waals surface area contributed by atoms with Crippen molar-refractivity contribution >= 4 is 15.5 Å². The van der Waals surface area contributed by atoms with Gasteiger partial charge < -0.3 is 14.5 Å². The second kappa shape index (κ2) is 11.2. The van der Waals surface area contributed by atoms with Crippen molar-refractivity contribution in [1.29, 1.82) is 0 Å². The van der Waals surface area contributed by atoms with Gasteiger partial charge in [-0.15, -0.1) is 0 Å². The molecule has 36 heavy (non-hydrogen) atoms. The zero-order valence-electron chi connectivity index (χ0n) is 23.4. The van der Waals surface area contributed by atoms with Crippen LogP contribution in [0.4, 0.5) is 5.69 Å². The van der Waals surface area contributed by atoms with Crippen LogP contribution in [0, 0.1) is 5.41 Å². The highest BCUT2D eigenvalue weighted by molar-refractivity contribution is 7.91. The van der Waals surface area contributed by atoms with Gasteiger partial charge in [-0.05, 0) is 42.2 Å². The molecular weight excluding hydrogens is 468 g/mol. The first-order valence-electron chi connectivity index (χ1n) is 13.4. The van der Waals surface area contributed by atoms with Gasteiger partial charge in [-0.25, -0.2) is 8.42 Å². The van der Waals surface area contributed by atoms with Gasteiger partial charge in [0.15, 0.2) is 9.84 Å². The van der Waals surface area contributed by atoms with Crippen molar-refractivity contribution in [1.82, 2.24) is 0 Å². The third-order valence-electron chi connectivity index (χ3n) is 7.65. The predicted octanol–water partition coefficient (Wildman–Crippen LogP) is 5.61. The lowest BCUT2D eigenvalue weighted by Crippen LogP contribution is -2.43. The van der Waals surface area contributed by atoms with E-state index in [-0.39, 0.29) is 5.75 Å². The molecule has 1 aliphatic heterocycles. The summed E-state index contributed by atoms with van der Waals surface area (Å²) < 4.78 is 28.7. The van der Waals surface area contributed by atoms with E-state index in [1.165, 1.54) is 5.56 Å². The lowest BCUT2D eigenvalue weighted by atomic mass is 9.68. The Hall–Kier alpha value is -1.89. The maximum atomic E-state index is 13.9. The summed E-state index contributed by atoms with van der Waals surface area (Å²) in [7, 11) is 6.86. The van der Waals surface area contributed by atoms with Crippen LogP contribution in [-0.4, -0.2) is 65.1 Å². The third kappa shape index (κ3) is 6.32. The third-order valence-corrected chi connectivity index (χ3v) is 9.65. The Kier molecular flexibility index (Phi) is 8.95. The van der Waals surface area contributed by atoms with Gasteiger partial charge in [-0.2, -0.15) is 0 Å². The molecular formula is C30H47N2O3S+. The van der Waals surface area contributed by atoms with E-state index in [0.717, 1.165) is 53.5 Å². The smallest absolute Gasteiger partial charge is 0.179 e. The molecule has 0 amide bonds. The van der Waals surface area contributed by atoms with Crippen LogP contribution in [0.5, 0.6) is 0 Å². The Morgan fingerprint density at radius 3 is 2.06 bits per heavy atom. The zero-order chi connectivity index (χ0) is 26.7. The Morgan fingerprint density at radius 1 is 0.972 bits per heavy atom. The van der Waals surface area contributed by atoms with Gasteiger partial charge in [0, 0.05) is 36.7 Å². The molecule has 0 radical (unpaired) electrons. The lowest BCUT2D eigenvalue weighted by Gasteiger charge is -2.40. The van der Waals surface area contributed by atoms with Crippen molar-refractivity contribution in [3.8, 4) is 0 Å². The fourth-order valence-electron chi connectivity index (χ4n) is 5.77. The molecule has 3 rings (SSSR count). The topological polar surface area (TPSA) is 57.6 Å². The molecule has 0 fully saturated rings. The molecule has 0 aliphatic carbocycles. The normalized spacial score (nSPS) is 21.0. The Bertz CT molecular complexity index is 1110. The highest BCUT2D eigenvalue weighted by atomic mass is 32.2. The largest absolute Gasteiger partial charge is 0.392 e. The number of hydrogen-bond acceptors (Lipinski definition) is 4. The fraction of sp³-hybridized carbons (Fsp3) is 0.600. The Morgan fingerprint density at radius 2 is 1.56 bits per heavy atom. The standard InChI is InChI=1S/C30H47N2O3S/c1-8-10-18-30(19-11-9-2)22-36(34,35)27-17-16-25(31(3)4)20-26(27)28(29(30)33)24-14-12-23(13-15-24)21-32(5,6)7/h12-17,20,28-29,33H,8-11,18-19,21-22H2,1-7H3/q+1/t28-,29-/m1/s1. The van der Waals surface area contributed by atoms with Crippen LogP contribution in [0.1, 0.15) is 75.0 Å². The molecule has 0 saturated carbocycles. The SMILES string of the molecule is CCCCC1(CCCC)CS(=O)(=O)c2ccc(N(C)C)cc2[C@@H](c2ccc(C[N+](C)(C)C)cc2)[C@H]1O. The van der Waals surface area contributed by atoms with Gasteiger partial charge in [0.1, 0.15) is 6.54 Å². The van der Waals surface area contributed by atoms with Crippen LogP contribution in [0.15, 0.2) is 47.4 Å². The quantitative estimate of drug-likeness (QED) is 0.418. The average Bonchev–Trinajstić information content (AvgIpc) is 2.87. The monoisotopic (exact) mass is 515 g/mol. The van der Waals surface area contributed by atoms with Gasteiger partial charge in [-0.1, -0.05) is 63.8 Å². The number of anilines is 1. The number of unbranched alkanes of at least 4 members (excludes halogenated alkanes) is 2. The van der Waals surface area contributed by atoms with Crippen LogP contribution in [0.2, 0.25) is 0 Å². The number of rotatable bonds is 10. The van der Waals surface area contributed by atoms with Crippen molar-refractivity contribution in [3.05, 3.63) is 59.2 Å². The highest BCUT2D eigenvalue weighted by Gasteiger charge is 2.49. The van der Waals surface area contributed by atoms with Crippen LogP contribution in [0.25, 0.3) is 0 Å². The minimum Gasteiger partial charge on any atom is -0.392 e. The Balaban J connectivity index is 2.24. The number of fused-ring (bicyclic) bond motifs is 1. The van der Waals surface area contributed by atoms with E-state index in [1.54, 1.807) is 6.07 Å². The molecule has 2 aromatic rings. The number of nitrogens with zero attached hydrogens (tertiary/aromatic N) is 2. The van der Waals surface area contributed by atoms with Crippen LogP contribution in [0.3, 0.4) is 0 Å². The zero-order valence-corrected chi connectivity index (χ0v) is 24.2. The van der Waals surface area contributed by atoms with Crippen molar-refractivity contribution < 1.29 is 18.0 Å². The summed E-state index contributed by atoms with van der Waals surface area (Å²) in [6.45, 7) is 5.17. The minimum absolute atomic E-state index is 0.00552. The van der Waals surface area contributed by atoms with Gasteiger partial charge in [0.05, 0.1) is 37.9 Å². The van der Waals surface area contributed by atoms with E-state index in [0.29, 0.717) is 17.7 Å². The van der Waals surface area contributed by atoms with Crippen LogP contribution >= 0.6 is 0 Å². The van der Waals surface area contributed by atoms with E-state index < -0.39 is 27.3 Å². The summed E-state index contributed by atoms with van der Waals surface area (Å²) in [5.74, 6) is -0.393. The second-order valence-electron chi connectivity index (χ2n) is 12.1. The average molecular weight is 516 g/mol. The van der Waals surface area contributed by atoms with E-state index >= 15 is 0 Å². The van der Waals surface area contributed by atoms with Crippen molar-refractivity contribution in [2.75, 3.05) is 45.9 Å². The van der Waals surface area contributed by atoms with Gasteiger partial charge >= 0.3 is 0 Å². The number of aliphatic hydroxyl groups excluding tert-OH is 1. The molecule has 200 valence electrons. The van der Waals surface area contributed by atoms with Gasteiger partial charge in [0.2, 0.25) is 0 Å². The number of sulfone groups is 1. The van der Waals surface area contributed by atoms with Crippen LogP contribution in [-0.2, 0) is 16.4 Å². The number of hydrogen-bond donors (Lipinski definition) is 1. The molecule has 2 aromatic carbocycles. The summed E-state index contributed by atoms with van der Waals surface area (Å²) in [6, 6.07) is 14.1.